The number of ether oxygens (including phenoxy) is 1. The van der Waals surface area contributed by atoms with Crippen molar-refractivity contribution in [3.63, 3.8) is 0 Å². The SMILES string of the molecule is CN=C(NCCc1ccc(OC)cc1)NCCc1cccc(F)c1F. The van der Waals surface area contributed by atoms with Crippen molar-refractivity contribution in [2.45, 2.75) is 12.8 Å². The summed E-state index contributed by atoms with van der Waals surface area (Å²) >= 11 is 0. The van der Waals surface area contributed by atoms with Crippen LogP contribution in [0.15, 0.2) is 47.5 Å². The molecule has 0 heterocycles. The summed E-state index contributed by atoms with van der Waals surface area (Å²) in [6.07, 6.45) is 1.21. The van der Waals surface area contributed by atoms with Gasteiger partial charge in [-0.05, 0) is 42.2 Å². The Balaban J connectivity index is 1.74. The summed E-state index contributed by atoms with van der Waals surface area (Å²) < 4.78 is 31.9. The summed E-state index contributed by atoms with van der Waals surface area (Å²) in [6, 6.07) is 12.1. The number of hydrogen-bond donors (Lipinski definition) is 2. The van der Waals surface area contributed by atoms with Gasteiger partial charge in [-0.3, -0.25) is 4.99 Å². The Morgan fingerprint density at radius 1 is 1.00 bits per heavy atom. The van der Waals surface area contributed by atoms with Gasteiger partial charge in [0.2, 0.25) is 0 Å². The van der Waals surface area contributed by atoms with Gasteiger partial charge in [-0.25, -0.2) is 8.78 Å². The summed E-state index contributed by atoms with van der Waals surface area (Å²) in [5.74, 6) is -0.143. The van der Waals surface area contributed by atoms with Gasteiger partial charge in [0.15, 0.2) is 17.6 Å². The molecule has 134 valence electrons. The van der Waals surface area contributed by atoms with Crippen LogP contribution >= 0.6 is 0 Å². The van der Waals surface area contributed by atoms with Crippen LogP contribution in [0.2, 0.25) is 0 Å². The van der Waals surface area contributed by atoms with Gasteiger partial charge in [0, 0.05) is 20.1 Å². The van der Waals surface area contributed by atoms with E-state index >= 15 is 0 Å². The molecule has 0 aliphatic heterocycles. The van der Waals surface area contributed by atoms with Crippen LogP contribution in [-0.2, 0) is 12.8 Å². The molecule has 0 saturated heterocycles. The first kappa shape index (κ1) is 18.7. The van der Waals surface area contributed by atoms with Crippen LogP contribution < -0.4 is 15.4 Å². The number of aliphatic imine (C=N–C) groups is 1. The highest BCUT2D eigenvalue weighted by Gasteiger charge is 2.07. The fourth-order valence-electron chi connectivity index (χ4n) is 2.40. The molecule has 2 aromatic carbocycles. The molecule has 25 heavy (non-hydrogen) atoms. The lowest BCUT2D eigenvalue weighted by atomic mass is 10.1. The van der Waals surface area contributed by atoms with Gasteiger partial charge in [0.1, 0.15) is 5.75 Å². The molecule has 2 rings (SSSR count). The molecule has 0 saturated carbocycles. The largest absolute Gasteiger partial charge is 0.497 e. The Morgan fingerprint density at radius 3 is 2.32 bits per heavy atom. The lowest BCUT2D eigenvalue weighted by Crippen LogP contribution is -2.39. The number of rotatable bonds is 7. The molecule has 0 atom stereocenters. The highest BCUT2D eigenvalue weighted by atomic mass is 19.2. The van der Waals surface area contributed by atoms with Crippen LogP contribution in [0.3, 0.4) is 0 Å². The zero-order chi connectivity index (χ0) is 18.1. The number of nitrogens with one attached hydrogen (secondary N) is 2. The summed E-state index contributed by atoms with van der Waals surface area (Å²) in [7, 11) is 3.31. The molecule has 0 radical (unpaired) electrons. The topological polar surface area (TPSA) is 45.7 Å². The van der Waals surface area contributed by atoms with E-state index in [9.17, 15) is 8.78 Å². The maximum Gasteiger partial charge on any atom is 0.190 e. The third-order valence-corrected chi connectivity index (χ3v) is 3.81. The number of nitrogens with zero attached hydrogens (tertiary/aromatic N) is 1. The maximum absolute atomic E-state index is 13.6. The van der Waals surface area contributed by atoms with Gasteiger partial charge < -0.3 is 15.4 Å². The van der Waals surface area contributed by atoms with Gasteiger partial charge in [-0.15, -0.1) is 0 Å². The second-order valence-corrected chi connectivity index (χ2v) is 5.49. The minimum Gasteiger partial charge on any atom is -0.497 e. The molecule has 4 nitrogen and oxygen atoms in total. The molecule has 0 amide bonds. The molecule has 0 fully saturated rings. The van der Waals surface area contributed by atoms with E-state index in [0.29, 0.717) is 31.0 Å². The highest BCUT2D eigenvalue weighted by Crippen LogP contribution is 2.12. The standard InChI is InChI=1S/C19H23F2N3O/c1-22-19(23-12-10-14-6-8-16(25-2)9-7-14)24-13-11-15-4-3-5-17(20)18(15)21/h3-9H,10-13H2,1-2H3,(H2,22,23,24). The lowest BCUT2D eigenvalue weighted by Gasteiger charge is -2.12. The summed E-state index contributed by atoms with van der Waals surface area (Å²) in [6.45, 7) is 1.17. The maximum atomic E-state index is 13.6. The fourth-order valence-corrected chi connectivity index (χ4v) is 2.40. The Morgan fingerprint density at radius 2 is 1.68 bits per heavy atom. The average molecular weight is 347 g/mol. The van der Waals surface area contributed by atoms with Crippen molar-refractivity contribution in [3.05, 3.63) is 65.2 Å². The molecule has 6 heteroatoms. The van der Waals surface area contributed by atoms with Gasteiger partial charge in [0.05, 0.1) is 7.11 Å². The molecule has 0 spiro atoms. The molecule has 2 aromatic rings. The zero-order valence-corrected chi connectivity index (χ0v) is 14.5. The number of guanidine groups is 1. The molecular formula is C19H23F2N3O. The Bertz CT molecular complexity index is 702. The smallest absolute Gasteiger partial charge is 0.190 e. The van der Waals surface area contributed by atoms with E-state index in [0.717, 1.165) is 18.2 Å². The Kier molecular flexibility index (Phi) is 7.19. The van der Waals surface area contributed by atoms with E-state index in [2.05, 4.69) is 15.6 Å². The van der Waals surface area contributed by atoms with E-state index in [1.165, 1.54) is 11.6 Å². The fraction of sp³-hybridized carbons (Fsp3) is 0.316. The summed E-state index contributed by atoms with van der Waals surface area (Å²) in [4.78, 5) is 4.12. The minimum atomic E-state index is -0.820. The van der Waals surface area contributed by atoms with E-state index in [1.807, 2.05) is 24.3 Å². The zero-order valence-electron chi connectivity index (χ0n) is 14.5. The first-order chi connectivity index (χ1) is 12.1. The van der Waals surface area contributed by atoms with E-state index < -0.39 is 11.6 Å². The Hall–Kier alpha value is -2.63. The monoisotopic (exact) mass is 347 g/mol. The third kappa shape index (κ3) is 5.74. The van der Waals surface area contributed by atoms with Crippen molar-refractivity contribution in [1.82, 2.24) is 10.6 Å². The second kappa shape index (κ2) is 9.61. The van der Waals surface area contributed by atoms with Crippen LogP contribution in [0, 0.1) is 11.6 Å². The first-order valence-corrected chi connectivity index (χ1v) is 8.14. The number of benzene rings is 2. The van der Waals surface area contributed by atoms with Crippen molar-refractivity contribution in [3.8, 4) is 5.75 Å². The molecule has 0 aromatic heterocycles. The quantitative estimate of drug-likeness (QED) is 0.598. The summed E-state index contributed by atoms with van der Waals surface area (Å²) in [5.41, 5.74) is 1.53. The van der Waals surface area contributed by atoms with Crippen molar-refractivity contribution in [2.24, 2.45) is 4.99 Å². The average Bonchev–Trinajstić information content (AvgIpc) is 2.64. The van der Waals surface area contributed by atoms with E-state index in [4.69, 9.17) is 4.74 Å². The first-order valence-electron chi connectivity index (χ1n) is 8.14. The normalized spacial score (nSPS) is 11.3. The predicted octanol–water partition coefficient (Wildman–Crippen LogP) is 2.92. The Labute approximate surface area is 146 Å². The van der Waals surface area contributed by atoms with Crippen molar-refractivity contribution in [2.75, 3.05) is 27.2 Å². The lowest BCUT2D eigenvalue weighted by molar-refractivity contribution is 0.414. The highest BCUT2D eigenvalue weighted by molar-refractivity contribution is 5.79. The third-order valence-electron chi connectivity index (χ3n) is 3.81. The molecule has 0 aliphatic carbocycles. The molecule has 0 aliphatic rings. The van der Waals surface area contributed by atoms with Gasteiger partial charge in [-0.1, -0.05) is 24.3 Å². The van der Waals surface area contributed by atoms with Gasteiger partial charge in [0.25, 0.3) is 0 Å². The molecule has 0 unspecified atom stereocenters. The minimum absolute atomic E-state index is 0.348. The van der Waals surface area contributed by atoms with Crippen LogP contribution in [-0.4, -0.2) is 33.2 Å². The van der Waals surface area contributed by atoms with Crippen molar-refractivity contribution >= 4 is 5.96 Å². The van der Waals surface area contributed by atoms with E-state index in [-0.39, 0.29) is 0 Å². The van der Waals surface area contributed by atoms with Crippen LogP contribution in [0.4, 0.5) is 8.78 Å². The number of halogens is 2. The second-order valence-electron chi connectivity index (χ2n) is 5.49. The van der Waals surface area contributed by atoms with Crippen LogP contribution in [0.1, 0.15) is 11.1 Å². The summed E-state index contributed by atoms with van der Waals surface area (Å²) in [5, 5.41) is 6.30. The van der Waals surface area contributed by atoms with Gasteiger partial charge in [-0.2, -0.15) is 0 Å². The van der Waals surface area contributed by atoms with Crippen LogP contribution in [0.5, 0.6) is 5.75 Å². The van der Waals surface area contributed by atoms with Crippen molar-refractivity contribution < 1.29 is 13.5 Å². The van der Waals surface area contributed by atoms with Gasteiger partial charge >= 0.3 is 0 Å². The molecule has 0 bridgehead atoms. The molecular weight excluding hydrogens is 324 g/mol. The number of hydrogen-bond acceptors (Lipinski definition) is 2. The van der Waals surface area contributed by atoms with Crippen LogP contribution in [0.25, 0.3) is 0 Å². The molecule has 2 N–H and O–H groups in total. The van der Waals surface area contributed by atoms with Crippen molar-refractivity contribution in [1.29, 1.82) is 0 Å². The van der Waals surface area contributed by atoms with E-state index in [1.54, 1.807) is 20.2 Å². The predicted molar refractivity (Wildman–Crippen MR) is 96.1 cm³/mol. The number of methoxy groups -OCH3 is 1.